The van der Waals surface area contributed by atoms with E-state index < -0.39 is 32.1 Å². The molecule has 4 rings (SSSR count). The summed E-state index contributed by atoms with van der Waals surface area (Å²) >= 11 is 6.01. The summed E-state index contributed by atoms with van der Waals surface area (Å²) < 4.78 is 40.6. The second kappa shape index (κ2) is 8.28. The highest BCUT2D eigenvalue weighted by molar-refractivity contribution is 7.90. The molecule has 1 aliphatic rings. The molecule has 2 heterocycles. The van der Waals surface area contributed by atoms with Gasteiger partial charge in [0.15, 0.2) is 15.6 Å². The molecule has 1 amide bonds. The van der Waals surface area contributed by atoms with Crippen LogP contribution in [0.4, 0.5) is 4.39 Å². The zero-order valence-electron chi connectivity index (χ0n) is 16.3. The van der Waals surface area contributed by atoms with Crippen molar-refractivity contribution in [2.75, 3.05) is 13.1 Å². The molecule has 0 aliphatic carbocycles. The molecule has 1 N–H and O–H groups in total. The van der Waals surface area contributed by atoms with Crippen molar-refractivity contribution >= 4 is 27.3 Å². The molecule has 0 unspecified atom stereocenters. The molecular weight excluding hydrogens is 443 g/mol. The minimum atomic E-state index is -4.22. The maximum Gasteiger partial charge on any atom is 0.253 e. The number of aromatic hydroxyl groups is 1. The summed E-state index contributed by atoms with van der Waals surface area (Å²) in [7, 11) is -4.22. The van der Waals surface area contributed by atoms with Gasteiger partial charge in [0.1, 0.15) is 10.7 Å². The second-order valence-corrected chi connectivity index (χ2v) is 9.60. The fraction of sp³-hybridized carbons (Fsp3) is 0.182. The Bertz CT molecular complexity index is 1260. The van der Waals surface area contributed by atoms with Crippen LogP contribution in [0.25, 0.3) is 11.3 Å². The van der Waals surface area contributed by atoms with Gasteiger partial charge >= 0.3 is 0 Å². The van der Waals surface area contributed by atoms with Crippen molar-refractivity contribution < 1.29 is 22.7 Å². The number of carbonyl (C=O) groups is 1. The Morgan fingerprint density at radius 1 is 1.16 bits per heavy atom. The van der Waals surface area contributed by atoms with Gasteiger partial charge in [0.05, 0.1) is 16.5 Å². The van der Waals surface area contributed by atoms with Gasteiger partial charge in [0.25, 0.3) is 5.91 Å². The number of benzene rings is 2. The number of nitrogens with zero attached hydrogens (tertiary/aromatic N) is 2. The second-order valence-electron chi connectivity index (χ2n) is 7.23. The van der Waals surface area contributed by atoms with Crippen LogP contribution < -0.4 is 0 Å². The molecule has 160 valence electrons. The van der Waals surface area contributed by atoms with Gasteiger partial charge < -0.3 is 10.0 Å². The van der Waals surface area contributed by atoms with Gasteiger partial charge in [-0.2, -0.15) is 0 Å². The molecule has 1 fully saturated rings. The Hall–Kier alpha value is -2.97. The van der Waals surface area contributed by atoms with Crippen LogP contribution >= 0.6 is 11.6 Å². The molecule has 1 aliphatic heterocycles. The lowest BCUT2D eigenvalue weighted by molar-refractivity contribution is 0.0651. The molecule has 3 aromatic rings. The molecule has 31 heavy (non-hydrogen) atoms. The van der Waals surface area contributed by atoms with E-state index in [1.165, 1.54) is 24.3 Å². The molecule has 6 nitrogen and oxygen atoms in total. The smallest absolute Gasteiger partial charge is 0.253 e. The van der Waals surface area contributed by atoms with Crippen LogP contribution in [0.3, 0.4) is 0 Å². The Morgan fingerprint density at radius 2 is 1.94 bits per heavy atom. The lowest BCUT2D eigenvalue weighted by atomic mass is 10.1. The molecule has 1 saturated heterocycles. The number of carbonyl (C=O) groups excluding carboxylic acids is 1. The largest absolute Gasteiger partial charge is 0.505 e. The average Bonchev–Trinajstić information content (AvgIpc) is 2.70. The van der Waals surface area contributed by atoms with Crippen LogP contribution in [0, 0.1) is 5.82 Å². The predicted octanol–water partition coefficient (Wildman–Crippen LogP) is 4.07. The van der Waals surface area contributed by atoms with Gasteiger partial charge in [-0.15, -0.1) is 0 Å². The third kappa shape index (κ3) is 4.26. The standard InChI is InChI=1S/C22H18ClFN2O4S/c23-17-11-15(22(28)26-8-3-9-26)12-20(21(17)27)31(29,30)13-16-10-14(5-6-18(16)24)19-4-1-2-7-25-19/h1-2,4-7,10-12,27H,3,8-9,13H2. The number of amides is 1. The quantitative estimate of drug-likeness (QED) is 0.620. The highest BCUT2D eigenvalue weighted by Gasteiger charge is 2.28. The van der Waals surface area contributed by atoms with E-state index >= 15 is 0 Å². The van der Waals surface area contributed by atoms with E-state index in [2.05, 4.69) is 4.98 Å². The zero-order chi connectivity index (χ0) is 22.2. The monoisotopic (exact) mass is 460 g/mol. The number of halogens is 2. The molecule has 0 radical (unpaired) electrons. The molecule has 0 atom stereocenters. The van der Waals surface area contributed by atoms with Crippen molar-refractivity contribution in [3.05, 3.63) is 76.7 Å². The summed E-state index contributed by atoms with van der Waals surface area (Å²) in [6.45, 7) is 1.15. The summed E-state index contributed by atoms with van der Waals surface area (Å²) in [6.07, 6.45) is 2.45. The summed E-state index contributed by atoms with van der Waals surface area (Å²) in [5, 5.41) is 10.0. The molecule has 1 aromatic heterocycles. The molecule has 0 saturated carbocycles. The van der Waals surface area contributed by atoms with Gasteiger partial charge in [-0.1, -0.05) is 17.7 Å². The van der Waals surface area contributed by atoms with Crippen molar-refractivity contribution in [3.8, 4) is 17.0 Å². The first-order chi connectivity index (χ1) is 14.8. The average molecular weight is 461 g/mol. The van der Waals surface area contributed by atoms with E-state index in [-0.39, 0.29) is 22.1 Å². The van der Waals surface area contributed by atoms with Crippen molar-refractivity contribution in [2.24, 2.45) is 0 Å². The number of phenolic OH excluding ortho intramolecular Hbond substituents is 1. The SMILES string of the molecule is O=C(c1cc(Cl)c(O)c(S(=O)(=O)Cc2cc(-c3ccccn3)ccc2F)c1)N1CCC1. The van der Waals surface area contributed by atoms with Crippen LogP contribution in [-0.4, -0.2) is 42.4 Å². The van der Waals surface area contributed by atoms with Crippen molar-refractivity contribution in [2.45, 2.75) is 17.1 Å². The fourth-order valence-corrected chi connectivity index (χ4v) is 5.07. The van der Waals surface area contributed by atoms with E-state index in [4.69, 9.17) is 11.6 Å². The summed E-state index contributed by atoms with van der Waals surface area (Å²) in [5.74, 6) is -2.46. The minimum absolute atomic E-state index is 0.0591. The van der Waals surface area contributed by atoms with E-state index in [1.54, 1.807) is 29.3 Å². The van der Waals surface area contributed by atoms with E-state index in [1.807, 2.05) is 0 Å². The number of phenols is 1. The molecular formula is C22H18ClFN2O4S. The van der Waals surface area contributed by atoms with Crippen LogP contribution in [0.15, 0.2) is 59.6 Å². The molecule has 0 bridgehead atoms. The van der Waals surface area contributed by atoms with Crippen LogP contribution in [0.2, 0.25) is 5.02 Å². The van der Waals surface area contributed by atoms with Gasteiger partial charge in [-0.05, 0) is 48.9 Å². The third-order valence-electron chi connectivity index (χ3n) is 5.11. The van der Waals surface area contributed by atoms with Crippen LogP contribution in [0.5, 0.6) is 5.75 Å². The molecule has 2 aromatic carbocycles. The highest BCUT2D eigenvalue weighted by Crippen LogP contribution is 2.35. The predicted molar refractivity (Wildman–Crippen MR) is 114 cm³/mol. The number of hydrogen-bond donors (Lipinski definition) is 1. The lowest BCUT2D eigenvalue weighted by Crippen LogP contribution is -2.42. The van der Waals surface area contributed by atoms with Gasteiger partial charge in [-0.25, -0.2) is 12.8 Å². The van der Waals surface area contributed by atoms with Gasteiger partial charge in [0, 0.05) is 36.0 Å². The summed E-state index contributed by atoms with van der Waals surface area (Å²) in [4.78, 5) is 17.7. The Labute approximate surface area is 183 Å². The first kappa shape index (κ1) is 21.3. The first-order valence-electron chi connectivity index (χ1n) is 9.50. The van der Waals surface area contributed by atoms with Crippen molar-refractivity contribution in [3.63, 3.8) is 0 Å². The topological polar surface area (TPSA) is 87.6 Å². The Balaban J connectivity index is 1.71. The van der Waals surface area contributed by atoms with Gasteiger partial charge in [-0.3, -0.25) is 9.78 Å². The number of aromatic nitrogens is 1. The maximum absolute atomic E-state index is 14.4. The highest BCUT2D eigenvalue weighted by atomic mass is 35.5. The number of likely N-dealkylation sites (tertiary alicyclic amines) is 1. The first-order valence-corrected chi connectivity index (χ1v) is 11.5. The van der Waals surface area contributed by atoms with E-state index in [9.17, 15) is 22.7 Å². The normalized spacial score (nSPS) is 13.7. The maximum atomic E-state index is 14.4. The van der Waals surface area contributed by atoms with E-state index in [0.717, 1.165) is 12.5 Å². The lowest BCUT2D eigenvalue weighted by Gasteiger charge is -2.31. The van der Waals surface area contributed by atoms with E-state index in [0.29, 0.717) is 24.3 Å². The van der Waals surface area contributed by atoms with Crippen LogP contribution in [0.1, 0.15) is 22.3 Å². The third-order valence-corrected chi connectivity index (χ3v) is 7.07. The number of rotatable bonds is 5. The Morgan fingerprint density at radius 3 is 2.58 bits per heavy atom. The minimum Gasteiger partial charge on any atom is -0.505 e. The molecule has 0 spiro atoms. The number of sulfone groups is 1. The zero-order valence-corrected chi connectivity index (χ0v) is 17.8. The molecule has 9 heteroatoms. The van der Waals surface area contributed by atoms with Crippen molar-refractivity contribution in [1.29, 1.82) is 0 Å². The summed E-state index contributed by atoms with van der Waals surface area (Å²) in [5.41, 5.74) is 1.09. The van der Waals surface area contributed by atoms with Crippen LogP contribution in [-0.2, 0) is 15.6 Å². The number of pyridine rings is 1. The van der Waals surface area contributed by atoms with Crippen molar-refractivity contribution in [1.82, 2.24) is 9.88 Å². The Kier molecular flexibility index (Phi) is 5.68. The number of hydrogen-bond acceptors (Lipinski definition) is 5. The fourth-order valence-electron chi connectivity index (χ4n) is 3.30. The van der Waals surface area contributed by atoms with Gasteiger partial charge in [0.2, 0.25) is 0 Å². The summed E-state index contributed by atoms with van der Waals surface area (Å²) in [6, 6.07) is 11.6.